The van der Waals surface area contributed by atoms with E-state index in [0.717, 1.165) is 16.5 Å². The molecule has 0 radical (unpaired) electrons. The molecule has 3 N–H and O–H groups in total. The van der Waals surface area contributed by atoms with Crippen molar-refractivity contribution in [1.82, 2.24) is 9.97 Å². The van der Waals surface area contributed by atoms with E-state index in [-0.39, 0.29) is 19.1 Å². The Morgan fingerprint density at radius 1 is 1.30 bits per heavy atom. The second-order valence-corrected chi connectivity index (χ2v) is 5.99. The molecule has 0 unspecified atom stereocenters. The van der Waals surface area contributed by atoms with Crippen molar-refractivity contribution in [2.75, 3.05) is 18.5 Å². The number of nitrogens with one attached hydrogen (secondary N) is 1. The van der Waals surface area contributed by atoms with E-state index in [1.54, 1.807) is 36.5 Å². The summed E-state index contributed by atoms with van der Waals surface area (Å²) in [5.41, 5.74) is 8.41. The number of hydrogen-bond acceptors (Lipinski definition) is 5. The molecule has 27 heavy (non-hydrogen) atoms. The zero-order valence-electron chi connectivity index (χ0n) is 14.8. The van der Waals surface area contributed by atoms with Crippen LogP contribution >= 0.6 is 0 Å². The summed E-state index contributed by atoms with van der Waals surface area (Å²) in [6.45, 7) is 1.97. The van der Waals surface area contributed by atoms with Gasteiger partial charge in [0.2, 0.25) is 0 Å². The summed E-state index contributed by atoms with van der Waals surface area (Å²) in [6.07, 6.45) is 3.62. The van der Waals surface area contributed by atoms with Crippen molar-refractivity contribution in [2.45, 2.75) is 6.92 Å². The maximum Gasteiger partial charge on any atom is 0.255 e. The molecule has 1 heterocycles. The number of fused-ring (bicyclic) bond motifs is 1. The Morgan fingerprint density at radius 3 is 2.89 bits per heavy atom. The number of aromatic nitrogens is 2. The number of hydrogen-bond donors (Lipinski definition) is 2. The molecule has 0 aliphatic carbocycles. The Balaban J connectivity index is 1.72. The smallest absolute Gasteiger partial charge is 0.255 e. The minimum Gasteiger partial charge on any atom is -0.489 e. The Kier molecular flexibility index (Phi) is 5.73. The van der Waals surface area contributed by atoms with Crippen molar-refractivity contribution < 1.29 is 13.9 Å². The van der Waals surface area contributed by atoms with Crippen molar-refractivity contribution in [3.8, 4) is 5.75 Å². The first kappa shape index (κ1) is 18.5. The first-order valence-corrected chi connectivity index (χ1v) is 8.33. The molecule has 0 saturated carbocycles. The average Bonchev–Trinajstić information content (AvgIpc) is 2.68. The Morgan fingerprint density at radius 2 is 2.15 bits per heavy atom. The molecule has 3 aromatic rings. The Labute approximate surface area is 155 Å². The van der Waals surface area contributed by atoms with Gasteiger partial charge in [0, 0.05) is 35.0 Å². The molecule has 3 rings (SSSR count). The Hall–Kier alpha value is -3.32. The van der Waals surface area contributed by atoms with E-state index in [1.165, 1.54) is 6.33 Å². The van der Waals surface area contributed by atoms with Gasteiger partial charge in [-0.2, -0.15) is 0 Å². The second-order valence-electron chi connectivity index (χ2n) is 5.99. The summed E-state index contributed by atoms with van der Waals surface area (Å²) >= 11 is 0. The van der Waals surface area contributed by atoms with E-state index in [2.05, 4.69) is 15.3 Å². The number of halogens is 1. The summed E-state index contributed by atoms with van der Waals surface area (Å²) in [4.78, 5) is 20.7. The lowest BCUT2D eigenvalue weighted by molar-refractivity contribution is 0.102. The minimum absolute atomic E-state index is 0.0664. The summed E-state index contributed by atoms with van der Waals surface area (Å²) in [5.74, 6) is 0.304. The van der Waals surface area contributed by atoms with Gasteiger partial charge in [-0.25, -0.2) is 14.4 Å². The third kappa shape index (κ3) is 4.45. The van der Waals surface area contributed by atoms with Gasteiger partial charge in [-0.15, -0.1) is 0 Å². The highest BCUT2D eigenvalue weighted by Gasteiger charge is 2.11. The highest BCUT2D eigenvalue weighted by Crippen LogP contribution is 2.21. The fourth-order valence-electron chi connectivity index (χ4n) is 2.54. The van der Waals surface area contributed by atoms with Crippen molar-refractivity contribution >= 4 is 22.5 Å². The molecule has 6 nitrogen and oxygen atoms in total. The van der Waals surface area contributed by atoms with Crippen LogP contribution in [0.4, 0.5) is 10.1 Å². The molecule has 0 aliphatic heterocycles. The van der Waals surface area contributed by atoms with Crippen LogP contribution in [0, 0.1) is 6.92 Å². The quantitative estimate of drug-likeness (QED) is 0.698. The van der Waals surface area contributed by atoms with Gasteiger partial charge in [-0.05, 0) is 48.9 Å². The molecule has 1 aromatic heterocycles. The largest absolute Gasteiger partial charge is 0.489 e. The van der Waals surface area contributed by atoms with Crippen LogP contribution in [0.3, 0.4) is 0 Å². The van der Waals surface area contributed by atoms with E-state index in [0.29, 0.717) is 28.9 Å². The number of rotatable bonds is 6. The monoisotopic (exact) mass is 366 g/mol. The first-order valence-electron chi connectivity index (χ1n) is 8.33. The number of carbonyl (C=O) groups excluding carboxylic acids is 1. The molecule has 0 atom stereocenters. The average molecular weight is 366 g/mol. The summed E-state index contributed by atoms with van der Waals surface area (Å²) in [7, 11) is 0. The normalized spacial score (nSPS) is 11.4. The van der Waals surface area contributed by atoms with E-state index in [1.807, 2.05) is 13.0 Å². The molecular weight excluding hydrogens is 347 g/mol. The van der Waals surface area contributed by atoms with Gasteiger partial charge in [0.1, 0.15) is 18.7 Å². The number of benzene rings is 2. The van der Waals surface area contributed by atoms with Gasteiger partial charge < -0.3 is 15.8 Å². The second kappa shape index (κ2) is 8.37. The third-order valence-corrected chi connectivity index (χ3v) is 4.05. The Bertz CT molecular complexity index is 1000. The van der Waals surface area contributed by atoms with E-state index in [4.69, 9.17) is 10.5 Å². The number of nitrogens with zero attached hydrogens (tertiary/aromatic N) is 2. The molecule has 7 heteroatoms. The van der Waals surface area contributed by atoms with Crippen molar-refractivity contribution in [2.24, 2.45) is 5.73 Å². The number of anilines is 1. The number of nitrogens with two attached hydrogens (primary N) is 1. The van der Waals surface area contributed by atoms with Gasteiger partial charge >= 0.3 is 0 Å². The fraction of sp³-hybridized carbons (Fsp3) is 0.150. The van der Waals surface area contributed by atoms with Crippen LogP contribution in [-0.4, -0.2) is 29.0 Å². The van der Waals surface area contributed by atoms with Crippen LogP contribution in [0.5, 0.6) is 5.75 Å². The van der Waals surface area contributed by atoms with Gasteiger partial charge in [0.15, 0.2) is 0 Å². The van der Waals surface area contributed by atoms with E-state index in [9.17, 15) is 9.18 Å². The maximum absolute atomic E-state index is 12.6. The molecular formula is C20H19FN4O2. The number of amides is 1. The summed E-state index contributed by atoms with van der Waals surface area (Å²) in [5, 5.41) is 3.76. The van der Waals surface area contributed by atoms with Crippen molar-refractivity contribution in [1.29, 1.82) is 0 Å². The zero-order valence-corrected chi connectivity index (χ0v) is 14.8. The highest BCUT2D eigenvalue weighted by molar-refractivity contribution is 6.06. The van der Waals surface area contributed by atoms with Gasteiger partial charge in [-0.3, -0.25) is 4.79 Å². The predicted molar refractivity (Wildman–Crippen MR) is 102 cm³/mol. The zero-order chi connectivity index (χ0) is 19.2. The number of aryl methyl sites for hydroxylation is 1. The van der Waals surface area contributed by atoms with Crippen LogP contribution < -0.4 is 15.8 Å². The molecule has 0 saturated heterocycles. The number of carbonyl (C=O) groups is 1. The van der Waals surface area contributed by atoms with Crippen LogP contribution in [0.2, 0.25) is 0 Å². The molecule has 0 fully saturated rings. The standard InChI is InChI=1S/C20H19FN4O2/c1-13-6-17(27-11-14(8-21)9-22)4-5-18(13)20(26)25-16-3-2-15-10-23-12-24-19(15)7-16/h2-8,10,12H,9,11,22H2,1H3,(H,25,26)/b14-8-. The lowest BCUT2D eigenvalue weighted by Gasteiger charge is -2.11. The van der Waals surface area contributed by atoms with Crippen molar-refractivity contribution in [3.63, 3.8) is 0 Å². The highest BCUT2D eigenvalue weighted by atomic mass is 19.1. The molecule has 1 amide bonds. The first-order chi connectivity index (χ1) is 13.1. The molecule has 0 spiro atoms. The van der Waals surface area contributed by atoms with Gasteiger partial charge in [-0.1, -0.05) is 0 Å². The molecule has 2 aromatic carbocycles. The lowest BCUT2D eigenvalue weighted by Crippen LogP contribution is -2.14. The lowest BCUT2D eigenvalue weighted by atomic mass is 10.1. The third-order valence-electron chi connectivity index (χ3n) is 4.05. The van der Waals surface area contributed by atoms with Crippen molar-refractivity contribution in [3.05, 3.63) is 72.0 Å². The molecule has 0 bridgehead atoms. The van der Waals surface area contributed by atoms with E-state index < -0.39 is 0 Å². The minimum atomic E-state index is -0.237. The molecule has 0 aliphatic rings. The predicted octanol–water partition coefficient (Wildman–Crippen LogP) is 3.38. The number of ether oxygens (including phenoxy) is 1. The van der Waals surface area contributed by atoms with Gasteiger partial charge in [0.05, 0.1) is 11.8 Å². The van der Waals surface area contributed by atoms with E-state index >= 15 is 0 Å². The molecule has 138 valence electrons. The maximum atomic E-state index is 12.6. The summed E-state index contributed by atoms with van der Waals surface area (Å²) < 4.78 is 18.0. The SMILES string of the molecule is Cc1cc(OC/C(=C\F)CN)ccc1C(=O)Nc1ccc2cncnc2c1. The topological polar surface area (TPSA) is 90.1 Å². The van der Waals surface area contributed by atoms with Crippen LogP contribution in [0.25, 0.3) is 10.9 Å². The fourth-order valence-corrected chi connectivity index (χ4v) is 2.54. The van der Waals surface area contributed by atoms with Crippen LogP contribution in [-0.2, 0) is 0 Å². The summed E-state index contributed by atoms with van der Waals surface area (Å²) in [6, 6.07) is 10.5. The van der Waals surface area contributed by atoms with Crippen LogP contribution in [0.1, 0.15) is 15.9 Å². The van der Waals surface area contributed by atoms with Gasteiger partial charge in [0.25, 0.3) is 5.91 Å². The van der Waals surface area contributed by atoms with Crippen LogP contribution in [0.15, 0.2) is 60.8 Å².